The highest BCUT2D eigenvalue weighted by Gasteiger charge is 2.09. The Balaban J connectivity index is 2.08. The van der Waals surface area contributed by atoms with Gasteiger partial charge in [0.15, 0.2) is 5.75 Å². The Bertz CT molecular complexity index is 375. The highest BCUT2D eigenvalue weighted by molar-refractivity contribution is 5.31. The maximum atomic E-state index is 5.76. The summed E-state index contributed by atoms with van der Waals surface area (Å²) < 4.78 is 13.1. The number of hydrogen-bond donors (Lipinski definition) is 1. The van der Waals surface area contributed by atoms with Gasteiger partial charge in [0.2, 0.25) is 0 Å². The number of hydrogen-bond acceptors (Lipinski definition) is 4. The van der Waals surface area contributed by atoms with E-state index in [0.717, 1.165) is 43.3 Å². The Morgan fingerprint density at radius 1 is 1.21 bits per heavy atom. The van der Waals surface area contributed by atoms with E-state index in [1.807, 2.05) is 25.6 Å². The van der Waals surface area contributed by atoms with Crippen molar-refractivity contribution in [3.63, 3.8) is 0 Å². The van der Waals surface area contributed by atoms with Crippen molar-refractivity contribution in [2.75, 3.05) is 26.3 Å². The van der Waals surface area contributed by atoms with Crippen molar-refractivity contribution >= 4 is 0 Å². The standard InChI is InChI=1S/C14H27N3O2/c1-11(2)18-9-6-7-15-8-10-19-14-12(3)16-17(5)13(14)4/h11,15H,6-10H2,1-5H3. The first-order valence-corrected chi connectivity index (χ1v) is 6.97. The zero-order chi connectivity index (χ0) is 14.3. The van der Waals surface area contributed by atoms with Gasteiger partial charge in [-0.25, -0.2) is 0 Å². The average molecular weight is 269 g/mol. The molecule has 0 radical (unpaired) electrons. The van der Waals surface area contributed by atoms with Crippen molar-refractivity contribution in [2.24, 2.45) is 7.05 Å². The summed E-state index contributed by atoms with van der Waals surface area (Å²) in [5, 5.41) is 7.66. The zero-order valence-electron chi connectivity index (χ0n) is 12.8. The summed E-state index contributed by atoms with van der Waals surface area (Å²) in [6, 6.07) is 0. The third kappa shape index (κ3) is 5.61. The maximum absolute atomic E-state index is 5.76. The summed E-state index contributed by atoms with van der Waals surface area (Å²) in [5.41, 5.74) is 2.02. The zero-order valence-corrected chi connectivity index (χ0v) is 12.8. The van der Waals surface area contributed by atoms with Gasteiger partial charge in [-0.05, 0) is 40.7 Å². The Morgan fingerprint density at radius 2 is 1.95 bits per heavy atom. The van der Waals surface area contributed by atoms with Crippen LogP contribution in [0.5, 0.6) is 5.75 Å². The van der Waals surface area contributed by atoms with Crippen LogP contribution in [0.15, 0.2) is 0 Å². The highest BCUT2D eigenvalue weighted by Crippen LogP contribution is 2.20. The van der Waals surface area contributed by atoms with Crippen molar-refractivity contribution in [3.8, 4) is 5.75 Å². The fraction of sp³-hybridized carbons (Fsp3) is 0.786. The first-order valence-electron chi connectivity index (χ1n) is 6.97. The molecule has 0 saturated carbocycles. The number of nitrogens with one attached hydrogen (secondary N) is 1. The van der Waals surface area contributed by atoms with E-state index in [1.165, 1.54) is 0 Å². The van der Waals surface area contributed by atoms with E-state index >= 15 is 0 Å². The minimum absolute atomic E-state index is 0.319. The molecule has 0 amide bonds. The summed E-state index contributed by atoms with van der Waals surface area (Å²) in [6.45, 7) is 11.4. The monoisotopic (exact) mass is 269 g/mol. The van der Waals surface area contributed by atoms with E-state index in [1.54, 1.807) is 0 Å². The molecule has 5 heteroatoms. The van der Waals surface area contributed by atoms with E-state index < -0.39 is 0 Å². The first-order chi connectivity index (χ1) is 9.02. The Kier molecular flexibility index (Phi) is 6.87. The predicted octanol–water partition coefficient (Wildman–Crippen LogP) is 1.82. The molecule has 0 aliphatic rings. The average Bonchev–Trinajstić information content (AvgIpc) is 2.58. The van der Waals surface area contributed by atoms with Crippen LogP contribution in [0.4, 0.5) is 0 Å². The van der Waals surface area contributed by atoms with Crippen LogP contribution in [0.3, 0.4) is 0 Å². The molecule has 0 aliphatic heterocycles. The number of aromatic nitrogens is 2. The van der Waals surface area contributed by atoms with Crippen molar-refractivity contribution in [3.05, 3.63) is 11.4 Å². The molecule has 0 fully saturated rings. The Hall–Kier alpha value is -1.07. The summed E-state index contributed by atoms with van der Waals surface area (Å²) >= 11 is 0. The number of aryl methyl sites for hydroxylation is 2. The lowest BCUT2D eigenvalue weighted by atomic mass is 10.3. The van der Waals surface area contributed by atoms with Crippen LogP contribution in [0, 0.1) is 13.8 Å². The molecular weight excluding hydrogens is 242 g/mol. The second-order valence-electron chi connectivity index (χ2n) is 5.00. The van der Waals surface area contributed by atoms with Crippen LogP contribution in [0.1, 0.15) is 31.7 Å². The number of ether oxygens (including phenoxy) is 2. The number of rotatable bonds is 9. The summed E-state index contributed by atoms with van der Waals surface area (Å²) in [6.07, 6.45) is 1.35. The molecule has 1 heterocycles. The molecule has 0 aliphatic carbocycles. The third-order valence-electron chi connectivity index (χ3n) is 2.92. The molecule has 0 aromatic carbocycles. The molecule has 0 saturated heterocycles. The molecule has 0 bridgehead atoms. The fourth-order valence-electron chi connectivity index (χ4n) is 1.83. The van der Waals surface area contributed by atoms with Crippen molar-refractivity contribution in [1.82, 2.24) is 15.1 Å². The van der Waals surface area contributed by atoms with Crippen molar-refractivity contribution < 1.29 is 9.47 Å². The van der Waals surface area contributed by atoms with Crippen LogP contribution in [-0.4, -0.2) is 42.2 Å². The van der Waals surface area contributed by atoms with Gasteiger partial charge in [-0.3, -0.25) is 4.68 Å². The lowest BCUT2D eigenvalue weighted by Crippen LogP contribution is -2.23. The molecule has 0 atom stereocenters. The van der Waals surface area contributed by atoms with Crippen LogP contribution < -0.4 is 10.1 Å². The van der Waals surface area contributed by atoms with Gasteiger partial charge in [0.05, 0.1) is 11.8 Å². The Labute approximate surface area is 116 Å². The van der Waals surface area contributed by atoms with Gasteiger partial charge in [0, 0.05) is 20.2 Å². The normalized spacial score (nSPS) is 11.3. The van der Waals surface area contributed by atoms with E-state index in [4.69, 9.17) is 9.47 Å². The first kappa shape index (κ1) is 16.0. The van der Waals surface area contributed by atoms with Gasteiger partial charge in [-0.1, -0.05) is 0 Å². The Morgan fingerprint density at radius 3 is 2.53 bits per heavy atom. The minimum Gasteiger partial charge on any atom is -0.488 e. The predicted molar refractivity (Wildman–Crippen MR) is 76.8 cm³/mol. The van der Waals surface area contributed by atoms with E-state index in [-0.39, 0.29) is 0 Å². The molecule has 19 heavy (non-hydrogen) atoms. The third-order valence-corrected chi connectivity index (χ3v) is 2.92. The molecule has 1 aromatic heterocycles. The molecular formula is C14H27N3O2. The van der Waals surface area contributed by atoms with Gasteiger partial charge in [0.25, 0.3) is 0 Å². The lowest BCUT2D eigenvalue weighted by Gasteiger charge is -2.09. The van der Waals surface area contributed by atoms with E-state index in [9.17, 15) is 0 Å². The summed E-state index contributed by atoms with van der Waals surface area (Å²) in [7, 11) is 1.93. The topological polar surface area (TPSA) is 48.3 Å². The number of nitrogens with zero attached hydrogens (tertiary/aromatic N) is 2. The van der Waals surface area contributed by atoms with Gasteiger partial charge in [-0.2, -0.15) is 5.10 Å². The largest absolute Gasteiger partial charge is 0.488 e. The molecule has 0 spiro atoms. The fourth-order valence-corrected chi connectivity index (χ4v) is 1.83. The molecule has 0 unspecified atom stereocenters. The molecule has 1 N–H and O–H groups in total. The lowest BCUT2D eigenvalue weighted by molar-refractivity contribution is 0.0770. The van der Waals surface area contributed by atoms with E-state index in [2.05, 4.69) is 24.3 Å². The van der Waals surface area contributed by atoms with Crippen LogP contribution in [-0.2, 0) is 11.8 Å². The second kappa shape index (κ2) is 8.17. The van der Waals surface area contributed by atoms with Crippen LogP contribution in [0.25, 0.3) is 0 Å². The minimum atomic E-state index is 0.319. The maximum Gasteiger partial charge on any atom is 0.163 e. The van der Waals surface area contributed by atoms with Gasteiger partial charge >= 0.3 is 0 Å². The quantitative estimate of drug-likeness (QED) is 0.695. The second-order valence-corrected chi connectivity index (χ2v) is 5.00. The van der Waals surface area contributed by atoms with Crippen molar-refractivity contribution in [1.29, 1.82) is 0 Å². The van der Waals surface area contributed by atoms with Gasteiger partial charge in [0.1, 0.15) is 12.3 Å². The van der Waals surface area contributed by atoms with E-state index in [0.29, 0.717) is 12.7 Å². The van der Waals surface area contributed by atoms with Gasteiger partial charge in [-0.15, -0.1) is 0 Å². The van der Waals surface area contributed by atoms with Crippen LogP contribution >= 0.6 is 0 Å². The van der Waals surface area contributed by atoms with Crippen LogP contribution in [0.2, 0.25) is 0 Å². The van der Waals surface area contributed by atoms with Gasteiger partial charge < -0.3 is 14.8 Å². The molecule has 110 valence electrons. The summed E-state index contributed by atoms with van der Waals surface area (Å²) in [4.78, 5) is 0. The molecule has 1 rings (SSSR count). The summed E-state index contributed by atoms with van der Waals surface area (Å²) in [5.74, 6) is 0.910. The molecule has 5 nitrogen and oxygen atoms in total. The SMILES string of the molecule is Cc1nn(C)c(C)c1OCCNCCCOC(C)C. The highest BCUT2D eigenvalue weighted by atomic mass is 16.5. The smallest absolute Gasteiger partial charge is 0.163 e. The van der Waals surface area contributed by atoms with Crippen molar-refractivity contribution in [2.45, 2.75) is 40.2 Å². The molecule has 1 aromatic rings.